The number of fused-ring (bicyclic) bond motifs is 3. The summed E-state index contributed by atoms with van der Waals surface area (Å²) in [7, 11) is 1.54. The Balaban J connectivity index is 1.87. The highest BCUT2D eigenvalue weighted by Crippen LogP contribution is 2.49. The first-order valence-electron chi connectivity index (χ1n) is 7.88. The minimum atomic E-state index is -0.513. The second-order valence-corrected chi connectivity index (χ2v) is 6.98. The molecular formula is C19H16O4S. The molecule has 2 aliphatic rings. The zero-order chi connectivity index (χ0) is 16.7. The van der Waals surface area contributed by atoms with Gasteiger partial charge in [0.2, 0.25) is 0 Å². The summed E-state index contributed by atoms with van der Waals surface area (Å²) in [6, 6.07) is 11.6. The normalized spacial score (nSPS) is 18.8. The lowest BCUT2D eigenvalue weighted by Gasteiger charge is -2.21. The van der Waals surface area contributed by atoms with E-state index in [9.17, 15) is 9.59 Å². The Morgan fingerprint density at radius 3 is 2.67 bits per heavy atom. The third kappa shape index (κ3) is 2.40. The number of thioether (sulfide) groups is 1. The van der Waals surface area contributed by atoms with E-state index in [0.717, 1.165) is 23.3 Å². The van der Waals surface area contributed by atoms with Crippen molar-refractivity contribution in [3.8, 4) is 5.75 Å². The first-order chi connectivity index (χ1) is 11.7. The summed E-state index contributed by atoms with van der Waals surface area (Å²) < 4.78 is 11.0. The molecule has 0 fully saturated rings. The van der Waals surface area contributed by atoms with E-state index in [2.05, 4.69) is 0 Å². The number of carbonyl (C=O) groups is 2. The van der Waals surface area contributed by atoms with Crippen LogP contribution in [0.5, 0.6) is 5.75 Å². The number of ether oxygens (including phenoxy) is 2. The molecule has 2 aromatic carbocycles. The van der Waals surface area contributed by atoms with Crippen LogP contribution in [0.4, 0.5) is 0 Å². The Hall–Kier alpha value is -2.27. The van der Waals surface area contributed by atoms with Gasteiger partial charge >= 0.3 is 5.97 Å². The number of methoxy groups -OCH3 is 1. The molecule has 2 aromatic rings. The molecule has 1 atom stereocenters. The van der Waals surface area contributed by atoms with E-state index in [0.29, 0.717) is 28.9 Å². The first-order valence-corrected chi connectivity index (χ1v) is 8.76. The van der Waals surface area contributed by atoms with Crippen LogP contribution in [0.2, 0.25) is 0 Å². The molecule has 0 radical (unpaired) electrons. The molecule has 5 heteroatoms. The molecule has 0 saturated heterocycles. The van der Waals surface area contributed by atoms with Gasteiger partial charge in [-0.2, -0.15) is 0 Å². The summed E-state index contributed by atoms with van der Waals surface area (Å²) in [5.41, 5.74) is 2.20. The molecule has 0 N–H and O–H groups in total. The number of aryl methyl sites for hydroxylation is 1. The molecule has 0 bridgehead atoms. The highest BCUT2D eigenvalue weighted by Gasteiger charge is 2.40. The maximum Gasteiger partial charge on any atom is 0.343 e. The predicted octanol–water partition coefficient (Wildman–Crippen LogP) is 4.18. The molecule has 4 nitrogen and oxygen atoms in total. The molecule has 1 heterocycles. The van der Waals surface area contributed by atoms with Crippen molar-refractivity contribution in [2.45, 2.75) is 29.6 Å². The van der Waals surface area contributed by atoms with Crippen molar-refractivity contribution in [2.75, 3.05) is 7.11 Å². The minimum Gasteiger partial charge on any atom is -0.496 e. The minimum absolute atomic E-state index is 0.0899. The Bertz CT molecular complexity index is 829. The van der Waals surface area contributed by atoms with Gasteiger partial charge in [0.25, 0.3) is 0 Å². The predicted molar refractivity (Wildman–Crippen MR) is 90.7 cm³/mol. The fourth-order valence-electron chi connectivity index (χ4n) is 3.35. The van der Waals surface area contributed by atoms with Gasteiger partial charge in [-0.1, -0.05) is 30.0 Å². The van der Waals surface area contributed by atoms with Crippen LogP contribution in [0.1, 0.15) is 50.1 Å². The number of cyclic esters (lactones) is 1. The van der Waals surface area contributed by atoms with Gasteiger partial charge in [0.05, 0.1) is 7.11 Å². The molecule has 24 heavy (non-hydrogen) atoms. The summed E-state index contributed by atoms with van der Waals surface area (Å²) >= 11 is 1.44. The van der Waals surface area contributed by atoms with Gasteiger partial charge in [-0.25, -0.2) is 4.79 Å². The zero-order valence-corrected chi connectivity index (χ0v) is 14.0. The van der Waals surface area contributed by atoms with Crippen molar-refractivity contribution in [3.63, 3.8) is 0 Å². The summed E-state index contributed by atoms with van der Waals surface area (Å²) in [6.45, 7) is 0. The second-order valence-electron chi connectivity index (χ2n) is 5.85. The maximum atomic E-state index is 12.5. The van der Waals surface area contributed by atoms with Gasteiger partial charge in [0, 0.05) is 22.4 Å². The molecule has 4 rings (SSSR count). The van der Waals surface area contributed by atoms with Crippen molar-refractivity contribution in [2.24, 2.45) is 0 Å². The third-order valence-electron chi connectivity index (χ3n) is 4.40. The number of Topliss-reactive ketones (excluding diaryl/α,β-unsaturated/α-hetero) is 1. The van der Waals surface area contributed by atoms with Gasteiger partial charge in [0.15, 0.2) is 11.2 Å². The van der Waals surface area contributed by atoms with Crippen molar-refractivity contribution < 1.29 is 19.1 Å². The highest BCUT2D eigenvalue weighted by molar-refractivity contribution is 7.99. The smallest absolute Gasteiger partial charge is 0.343 e. The van der Waals surface area contributed by atoms with Gasteiger partial charge < -0.3 is 9.47 Å². The monoisotopic (exact) mass is 340 g/mol. The lowest BCUT2D eigenvalue weighted by atomic mass is 9.85. The number of carbonyl (C=O) groups excluding carboxylic acids is 2. The number of esters is 1. The molecule has 122 valence electrons. The number of hydrogen-bond donors (Lipinski definition) is 0. The largest absolute Gasteiger partial charge is 0.496 e. The maximum absolute atomic E-state index is 12.5. The molecule has 1 aliphatic heterocycles. The second kappa shape index (κ2) is 5.98. The van der Waals surface area contributed by atoms with Crippen molar-refractivity contribution in [1.82, 2.24) is 0 Å². The first kappa shape index (κ1) is 15.3. The summed E-state index contributed by atoms with van der Waals surface area (Å²) in [6.07, 6.45) is 2.17. The fourth-order valence-corrected chi connectivity index (χ4v) is 4.40. The third-order valence-corrected chi connectivity index (χ3v) is 5.49. The van der Waals surface area contributed by atoms with Gasteiger partial charge in [-0.05, 0) is 36.6 Å². The Morgan fingerprint density at radius 2 is 1.92 bits per heavy atom. The van der Waals surface area contributed by atoms with E-state index < -0.39 is 11.4 Å². The van der Waals surface area contributed by atoms with Crippen molar-refractivity contribution in [3.05, 3.63) is 58.7 Å². The molecule has 0 amide bonds. The Labute approximate surface area is 144 Å². The van der Waals surface area contributed by atoms with E-state index in [-0.39, 0.29) is 5.78 Å². The quantitative estimate of drug-likeness (QED) is 0.785. The SMILES string of the molecule is COc1cc2c(c3c1C(=O)OC3Sc1ccccc1)C(=O)CCC2. The average Bonchev–Trinajstić information content (AvgIpc) is 2.92. The van der Waals surface area contributed by atoms with E-state index in [1.165, 1.54) is 18.9 Å². The molecule has 1 unspecified atom stereocenters. The van der Waals surface area contributed by atoms with Crippen LogP contribution in [-0.4, -0.2) is 18.9 Å². The fraction of sp³-hybridized carbons (Fsp3) is 0.263. The van der Waals surface area contributed by atoms with E-state index in [1.807, 2.05) is 36.4 Å². The van der Waals surface area contributed by atoms with Crippen LogP contribution >= 0.6 is 11.8 Å². The van der Waals surface area contributed by atoms with E-state index in [4.69, 9.17) is 9.47 Å². The summed E-state index contributed by atoms with van der Waals surface area (Å²) in [4.78, 5) is 25.9. The summed E-state index contributed by atoms with van der Waals surface area (Å²) in [5.74, 6) is 0.170. The lowest BCUT2D eigenvalue weighted by Crippen LogP contribution is -2.15. The van der Waals surface area contributed by atoms with Crippen LogP contribution in [0, 0.1) is 0 Å². The van der Waals surface area contributed by atoms with Crippen LogP contribution in [0.25, 0.3) is 0 Å². The number of benzene rings is 2. The molecule has 0 spiro atoms. The highest BCUT2D eigenvalue weighted by atomic mass is 32.2. The Morgan fingerprint density at radius 1 is 1.12 bits per heavy atom. The van der Waals surface area contributed by atoms with Crippen molar-refractivity contribution in [1.29, 1.82) is 0 Å². The lowest BCUT2D eigenvalue weighted by molar-refractivity contribution is 0.0518. The van der Waals surface area contributed by atoms with Crippen LogP contribution in [0.3, 0.4) is 0 Å². The average molecular weight is 340 g/mol. The topological polar surface area (TPSA) is 52.6 Å². The van der Waals surface area contributed by atoms with Crippen LogP contribution in [0.15, 0.2) is 41.3 Å². The number of rotatable bonds is 3. The zero-order valence-electron chi connectivity index (χ0n) is 13.2. The summed E-state index contributed by atoms with van der Waals surface area (Å²) in [5, 5.41) is 0. The Kier molecular flexibility index (Phi) is 3.81. The van der Waals surface area contributed by atoms with E-state index >= 15 is 0 Å². The number of hydrogen-bond acceptors (Lipinski definition) is 5. The van der Waals surface area contributed by atoms with E-state index in [1.54, 1.807) is 0 Å². The van der Waals surface area contributed by atoms with Gasteiger partial charge in [-0.15, -0.1) is 0 Å². The molecule has 0 aromatic heterocycles. The van der Waals surface area contributed by atoms with Crippen LogP contribution in [-0.2, 0) is 11.2 Å². The molecule has 0 saturated carbocycles. The van der Waals surface area contributed by atoms with Gasteiger partial charge in [-0.3, -0.25) is 4.79 Å². The van der Waals surface area contributed by atoms with Crippen molar-refractivity contribution >= 4 is 23.5 Å². The standard InChI is InChI=1S/C19H16O4S/c1-22-14-10-11-6-5-9-13(20)15(11)17-16(14)18(21)23-19(17)24-12-7-3-2-4-8-12/h2-4,7-8,10,19H,5-6,9H2,1H3. The van der Waals surface area contributed by atoms with Crippen LogP contribution < -0.4 is 4.74 Å². The molecule has 1 aliphatic carbocycles. The van der Waals surface area contributed by atoms with Gasteiger partial charge in [0.1, 0.15) is 11.3 Å². The number of ketones is 1. The molecular weight excluding hydrogens is 324 g/mol.